The third-order valence-electron chi connectivity index (χ3n) is 3.77. The standard InChI is InChI=1S/C15H20N2O3/c1-17(13-9-5-4-8-12(13)15(19)20)14(18)10-16-11-6-2-3-7-11/h4-5,8-9,11,16H,2-3,6-7,10H2,1H3,(H,19,20). The van der Waals surface area contributed by atoms with E-state index in [1.807, 2.05) is 0 Å². The van der Waals surface area contributed by atoms with E-state index in [1.54, 1.807) is 25.2 Å². The molecular weight excluding hydrogens is 256 g/mol. The van der Waals surface area contributed by atoms with Gasteiger partial charge in [-0.25, -0.2) is 4.79 Å². The highest BCUT2D eigenvalue weighted by Crippen LogP contribution is 2.20. The number of carboxylic acids is 1. The SMILES string of the molecule is CN(C(=O)CNC1CCCC1)c1ccccc1C(=O)O. The third-order valence-corrected chi connectivity index (χ3v) is 3.77. The van der Waals surface area contributed by atoms with Gasteiger partial charge in [-0.3, -0.25) is 4.79 Å². The van der Waals surface area contributed by atoms with E-state index in [0.717, 1.165) is 12.8 Å². The van der Waals surface area contributed by atoms with Crippen molar-refractivity contribution in [2.24, 2.45) is 0 Å². The normalized spacial score (nSPS) is 15.2. The molecule has 108 valence electrons. The number of aromatic carboxylic acids is 1. The van der Waals surface area contributed by atoms with Crippen molar-refractivity contribution in [3.05, 3.63) is 29.8 Å². The fourth-order valence-electron chi connectivity index (χ4n) is 2.56. The molecule has 0 radical (unpaired) electrons. The van der Waals surface area contributed by atoms with E-state index in [1.165, 1.54) is 23.8 Å². The molecule has 1 aromatic rings. The van der Waals surface area contributed by atoms with Gasteiger partial charge in [-0.05, 0) is 25.0 Å². The predicted molar refractivity (Wildman–Crippen MR) is 77.1 cm³/mol. The molecule has 2 rings (SSSR count). The summed E-state index contributed by atoms with van der Waals surface area (Å²) in [5, 5.41) is 12.4. The largest absolute Gasteiger partial charge is 0.478 e. The van der Waals surface area contributed by atoms with Gasteiger partial charge in [-0.15, -0.1) is 0 Å². The van der Waals surface area contributed by atoms with E-state index in [9.17, 15) is 9.59 Å². The van der Waals surface area contributed by atoms with Crippen molar-refractivity contribution >= 4 is 17.6 Å². The summed E-state index contributed by atoms with van der Waals surface area (Å²) in [6, 6.07) is 6.96. The first-order valence-electron chi connectivity index (χ1n) is 6.92. The van der Waals surface area contributed by atoms with Crippen LogP contribution in [0.1, 0.15) is 36.0 Å². The molecule has 1 aliphatic rings. The smallest absolute Gasteiger partial charge is 0.337 e. The van der Waals surface area contributed by atoms with Crippen LogP contribution < -0.4 is 10.2 Å². The number of carbonyl (C=O) groups excluding carboxylic acids is 1. The number of amides is 1. The zero-order chi connectivity index (χ0) is 14.5. The minimum Gasteiger partial charge on any atom is -0.478 e. The number of likely N-dealkylation sites (N-methyl/N-ethyl adjacent to an activating group) is 1. The molecule has 1 amide bonds. The lowest BCUT2D eigenvalue weighted by molar-refractivity contribution is -0.117. The number of benzene rings is 1. The molecule has 0 aliphatic heterocycles. The van der Waals surface area contributed by atoms with Crippen LogP contribution in [-0.2, 0) is 4.79 Å². The first-order chi connectivity index (χ1) is 9.59. The summed E-state index contributed by atoms with van der Waals surface area (Å²) in [5.74, 6) is -1.14. The first kappa shape index (κ1) is 14.5. The molecule has 1 aliphatic carbocycles. The highest BCUT2D eigenvalue weighted by atomic mass is 16.4. The molecule has 1 aromatic carbocycles. The number of hydrogen-bond acceptors (Lipinski definition) is 3. The topological polar surface area (TPSA) is 69.6 Å². The van der Waals surface area contributed by atoms with Crippen molar-refractivity contribution in [2.75, 3.05) is 18.5 Å². The van der Waals surface area contributed by atoms with Crippen LogP contribution >= 0.6 is 0 Å². The molecule has 2 N–H and O–H groups in total. The molecule has 5 nitrogen and oxygen atoms in total. The van der Waals surface area contributed by atoms with Crippen molar-refractivity contribution in [1.29, 1.82) is 0 Å². The molecule has 5 heteroatoms. The summed E-state index contributed by atoms with van der Waals surface area (Å²) in [6.45, 7) is 0.245. The molecule has 0 heterocycles. The van der Waals surface area contributed by atoms with Gasteiger partial charge in [0.1, 0.15) is 0 Å². The number of carbonyl (C=O) groups is 2. The molecule has 0 aromatic heterocycles. The lowest BCUT2D eigenvalue weighted by Crippen LogP contribution is -2.39. The van der Waals surface area contributed by atoms with Gasteiger partial charge in [0.2, 0.25) is 5.91 Å². The van der Waals surface area contributed by atoms with E-state index in [4.69, 9.17) is 5.11 Å². The fraction of sp³-hybridized carbons (Fsp3) is 0.467. The Morgan fingerprint density at radius 2 is 1.95 bits per heavy atom. The van der Waals surface area contributed by atoms with E-state index in [2.05, 4.69) is 5.32 Å². The lowest BCUT2D eigenvalue weighted by atomic mass is 10.1. The summed E-state index contributed by atoms with van der Waals surface area (Å²) >= 11 is 0. The highest BCUT2D eigenvalue weighted by Gasteiger charge is 2.20. The zero-order valence-electron chi connectivity index (χ0n) is 11.6. The molecule has 0 saturated heterocycles. The Hall–Kier alpha value is -1.88. The van der Waals surface area contributed by atoms with Gasteiger partial charge in [-0.2, -0.15) is 0 Å². The van der Waals surface area contributed by atoms with Crippen LogP contribution in [0.25, 0.3) is 0 Å². The molecule has 20 heavy (non-hydrogen) atoms. The number of nitrogens with zero attached hydrogens (tertiary/aromatic N) is 1. The van der Waals surface area contributed by atoms with Crippen LogP contribution in [0.4, 0.5) is 5.69 Å². The Morgan fingerprint density at radius 3 is 2.60 bits per heavy atom. The zero-order valence-corrected chi connectivity index (χ0v) is 11.6. The van der Waals surface area contributed by atoms with Gasteiger partial charge in [0.25, 0.3) is 0 Å². The quantitative estimate of drug-likeness (QED) is 0.861. The second kappa shape index (κ2) is 6.52. The van der Waals surface area contributed by atoms with E-state index >= 15 is 0 Å². The highest BCUT2D eigenvalue weighted by molar-refractivity contribution is 6.02. The minimum absolute atomic E-state index is 0.120. The van der Waals surface area contributed by atoms with Gasteiger partial charge in [-0.1, -0.05) is 25.0 Å². The van der Waals surface area contributed by atoms with Crippen molar-refractivity contribution in [1.82, 2.24) is 5.32 Å². The maximum absolute atomic E-state index is 12.1. The number of nitrogens with one attached hydrogen (secondary N) is 1. The number of para-hydroxylation sites is 1. The van der Waals surface area contributed by atoms with E-state index in [-0.39, 0.29) is 18.0 Å². The maximum atomic E-state index is 12.1. The second-order valence-electron chi connectivity index (χ2n) is 5.14. The number of rotatable bonds is 5. The van der Waals surface area contributed by atoms with Gasteiger partial charge < -0.3 is 15.3 Å². The Morgan fingerprint density at radius 1 is 1.30 bits per heavy atom. The molecular formula is C15H20N2O3. The third kappa shape index (κ3) is 3.36. The fourth-order valence-corrected chi connectivity index (χ4v) is 2.56. The maximum Gasteiger partial charge on any atom is 0.337 e. The lowest BCUT2D eigenvalue weighted by Gasteiger charge is -2.20. The Kier molecular flexibility index (Phi) is 4.74. The number of carboxylic acid groups (broad SMARTS) is 1. The van der Waals surface area contributed by atoms with Gasteiger partial charge in [0, 0.05) is 13.1 Å². The van der Waals surface area contributed by atoms with Crippen LogP contribution in [-0.4, -0.2) is 36.6 Å². The van der Waals surface area contributed by atoms with Crippen molar-refractivity contribution in [3.63, 3.8) is 0 Å². The molecule has 0 spiro atoms. The Labute approximate surface area is 118 Å². The van der Waals surface area contributed by atoms with E-state index < -0.39 is 5.97 Å². The van der Waals surface area contributed by atoms with Crippen molar-refractivity contribution < 1.29 is 14.7 Å². The van der Waals surface area contributed by atoms with Crippen LogP contribution in [0, 0.1) is 0 Å². The summed E-state index contributed by atoms with van der Waals surface area (Å²) < 4.78 is 0. The summed E-state index contributed by atoms with van der Waals surface area (Å²) in [7, 11) is 1.61. The monoisotopic (exact) mass is 276 g/mol. The molecule has 0 unspecified atom stereocenters. The van der Waals surface area contributed by atoms with Gasteiger partial charge >= 0.3 is 5.97 Å². The van der Waals surface area contributed by atoms with Crippen LogP contribution in [0.3, 0.4) is 0 Å². The average Bonchev–Trinajstić information content (AvgIpc) is 2.97. The van der Waals surface area contributed by atoms with Crippen molar-refractivity contribution in [2.45, 2.75) is 31.7 Å². The number of anilines is 1. The summed E-state index contributed by atoms with van der Waals surface area (Å²) in [6.07, 6.45) is 4.65. The van der Waals surface area contributed by atoms with Crippen LogP contribution in [0.2, 0.25) is 0 Å². The summed E-state index contributed by atoms with van der Waals surface area (Å²) in [4.78, 5) is 24.7. The minimum atomic E-state index is -1.02. The van der Waals surface area contributed by atoms with E-state index in [0.29, 0.717) is 11.7 Å². The molecule has 1 fully saturated rings. The first-order valence-corrected chi connectivity index (χ1v) is 6.92. The van der Waals surface area contributed by atoms with Gasteiger partial charge in [0.05, 0.1) is 17.8 Å². The van der Waals surface area contributed by atoms with Crippen LogP contribution in [0.5, 0.6) is 0 Å². The Bertz CT molecular complexity index is 496. The Balaban J connectivity index is 2.00. The second-order valence-corrected chi connectivity index (χ2v) is 5.14. The predicted octanol–water partition coefficient (Wildman–Crippen LogP) is 1.88. The van der Waals surface area contributed by atoms with Crippen LogP contribution in [0.15, 0.2) is 24.3 Å². The molecule has 0 bridgehead atoms. The summed E-state index contributed by atoms with van der Waals surface area (Å²) in [5.41, 5.74) is 0.572. The van der Waals surface area contributed by atoms with Gasteiger partial charge in [0.15, 0.2) is 0 Å². The molecule has 1 saturated carbocycles. The molecule has 0 atom stereocenters. The average molecular weight is 276 g/mol. The van der Waals surface area contributed by atoms with Crippen molar-refractivity contribution in [3.8, 4) is 0 Å². The number of hydrogen-bond donors (Lipinski definition) is 2.